The molecule has 16 nitrogen and oxygen atoms in total. The fourth-order valence-corrected chi connectivity index (χ4v) is 6.68. The molecule has 0 saturated heterocycles. The van der Waals surface area contributed by atoms with Crippen LogP contribution in [0.3, 0.4) is 0 Å². The van der Waals surface area contributed by atoms with Crippen molar-refractivity contribution in [3.05, 3.63) is 35.4 Å². The fraction of sp³-hybridized carbons (Fsp3) is 0.474. The molecule has 0 unspecified atom stereocenters. The summed E-state index contributed by atoms with van der Waals surface area (Å²) in [4.78, 5) is 53.1. The van der Waals surface area contributed by atoms with Crippen molar-refractivity contribution < 1.29 is 26.0 Å². The number of hydrogen-bond acceptors (Lipinski definition) is 14. The number of nitrogens with zero attached hydrogens (tertiary/aromatic N) is 14. The number of benzene rings is 1. The third-order valence-corrected chi connectivity index (χ3v) is 8.62. The molecule has 17 heteroatoms. The third-order valence-electron chi connectivity index (χ3n) is 8.62. The first kappa shape index (κ1) is 40.9. The van der Waals surface area contributed by atoms with Crippen molar-refractivity contribution in [3.8, 4) is 11.5 Å². The molecule has 4 aromatic rings. The smallest absolute Gasteiger partial charge is 0.490 e. The number of ether oxygens (including phenoxy) is 2. The van der Waals surface area contributed by atoms with Crippen molar-refractivity contribution in [2.45, 2.75) is 39.9 Å². The molecule has 3 aromatic heterocycles. The third kappa shape index (κ3) is 7.41. The van der Waals surface area contributed by atoms with Crippen LogP contribution in [0.2, 0.25) is 0 Å². The van der Waals surface area contributed by atoms with E-state index in [4.69, 9.17) is 49.3 Å². The minimum atomic E-state index is -0.126. The predicted octanol–water partition coefficient (Wildman–Crippen LogP) is 3.91. The zero-order valence-electron chi connectivity index (χ0n) is 34.7. The van der Waals surface area contributed by atoms with E-state index in [2.05, 4.69) is 0 Å². The van der Waals surface area contributed by atoms with Crippen molar-refractivity contribution in [2.75, 3.05) is 94.4 Å². The van der Waals surface area contributed by atoms with Crippen molar-refractivity contribution in [2.24, 2.45) is 0 Å². The first-order chi connectivity index (χ1) is 25.4. The van der Waals surface area contributed by atoms with Crippen LogP contribution in [0.1, 0.15) is 51.0 Å². The Bertz CT molecular complexity index is 2180. The fourth-order valence-electron chi connectivity index (χ4n) is 6.68. The minimum absolute atomic E-state index is 0. The second kappa shape index (κ2) is 15.4. The normalized spacial score (nSPS) is 12.8. The Balaban J connectivity index is 0.00000580. The molecule has 0 amide bonds. The van der Waals surface area contributed by atoms with Crippen LogP contribution in [0.4, 0.5) is 11.4 Å². The molecule has 5 heterocycles. The Kier molecular flexibility index (Phi) is 11.5. The first-order valence-electron chi connectivity index (χ1n) is 17.9. The molecule has 0 aliphatic carbocycles. The first-order valence-corrected chi connectivity index (χ1v) is 17.9. The van der Waals surface area contributed by atoms with Gasteiger partial charge in [0.15, 0.2) is 0 Å². The molecule has 2 aliphatic heterocycles. The molecule has 0 atom stereocenters. The average Bonchev–Trinajstić information content (AvgIpc) is 3.79. The molecule has 0 spiro atoms. The number of aromatic nitrogens is 8. The van der Waals surface area contributed by atoms with Gasteiger partial charge in [0, 0.05) is 118 Å². The maximum absolute atomic E-state index is 6.42. The molecule has 0 fully saturated rings. The van der Waals surface area contributed by atoms with E-state index >= 15 is 0 Å². The second-order valence-corrected chi connectivity index (χ2v) is 15.1. The largest absolute Gasteiger partial charge is 2.00 e. The van der Waals surface area contributed by atoms with Gasteiger partial charge >= 0.3 is 16.5 Å². The molecular formula is C38H52N14NiO2. The number of hydrogen-bond donors (Lipinski definition) is 0. The van der Waals surface area contributed by atoms with Gasteiger partial charge in [-0.1, -0.05) is 0 Å². The van der Waals surface area contributed by atoms with Gasteiger partial charge in [0.2, 0.25) is 0 Å². The summed E-state index contributed by atoms with van der Waals surface area (Å²) in [6, 6.07) is 3.81. The summed E-state index contributed by atoms with van der Waals surface area (Å²) >= 11 is 0. The van der Waals surface area contributed by atoms with E-state index in [1.807, 2.05) is 154 Å². The van der Waals surface area contributed by atoms with E-state index in [1.54, 1.807) is 0 Å². The molecule has 55 heavy (non-hydrogen) atoms. The van der Waals surface area contributed by atoms with Crippen molar-refractivity contribution >= 4 is 67.5 Å². The summed E-state index contributed by atoms with van der Waals surface area (Å²) in [5, 5.41) is 1.32. The van der Waals surface area contributed by atoms with Crippen molar-refractivity contribution in [1.29, 1.82) is 0 Å². The van der Waals surface area contributed by atoms with Crippen LogP contribution in [-0.4, -0.2) is 146 Å². The molecule has 0 saturated carbocycles. The summed E-state index contributed by atoms with van der Waals surface area (Å²) < 4.78 is 12.8. The minimum Gasteiger partial charge on any atom is -0.490 e. The molecule has 2 aliphatic rings. The summed E-state index contributed by atoms with van der Waals surface area (Å²) in [6.45, 7) is 7.95. The molecule has 0 N–H and O–H groups in total. The van der Waals surface area contributed by atoms with Gasteiger partial charge in [-0.3, -0.25) is 0 Å². The second-order valence-electron chi connectivity index (χ2n) is 15.1. The van der Waals surface area contributed by atoms with Crippen LogP contribution in [0.5, 0.6) is 11.5 Å². The molecule has 296 valence electrons. The Morgan fingerprint density at radius 2 is 0.691 bits per heavy atom. The molecule has 0 radical (unpaired) electrons. The predicted molar refractivity (Wildman–Crippen MR) is 216 cm³/mol. The van der Waals surface area contributed by atoms with E-state index < -0.39 is 0 Å². The monoisotopic (exact) mass is 794 g/mol. The van der Waals surface area contributed by atoms with Crippen LogP contribution in [0.15, 0.2) is 12.1 Å². The van der Waals surface area contributed by atoms with Gasteiger partial charge in [-0.25, -0.2) is 9.97 Å². The topological polar surface area (TPSA) is 143 Å². The summed E-state index contributed by atoms with van der Waals surface area (Å²) in [5.74, 6) is 2.97. The van der Waals surface area contributed by atoms with Crippen LogP contribution in [-0.2, 0) is 16.5 Å². The van der Waals surface area contributed by atoms with E-state index in [0.717, 1.165) is 34.2 Å². The Hall–Kier alpha value is -5.31. The maximum atomic E-state index is 6.42. The summed E-state index contributed by atoms with van der Waals surface area (Å²) in [5.41, 5.74) is 6.35. The van der Waals surface area contributed by atoms with Gasteiger partial charge in [-0.05, 0) is 39.8 Å². The summed E-state index contributed by atoms with van der Waals surface area (Å²) in [7, 11) is 23.6. The van der Waals surface area contributed by atoms with E-state index in [1.165, 1.54) is 0 Å². The number of fused-ring (bicyclic) bond motifs is 11. The molecule has 8 bridgehead atoms. The van der Waals surface area contributed by atoms with E-state index in [-0.39, 0.29) is 28.7 Å². The maximum Gasteiger partial charge on any atom is 2.00 e. The Labute approximate surface area is 333 Å². The van der Waals surface area contributed by atoms with Crippen LogP contribution in [0.25, 0.3) is 56.1 Å². The standard InChI is InChI=1S/C38H52N14O2.Ni/c1-19(2)53-21-17-18-22(54-20(3)4)24-23(21)31-39-32(24)41-34-26(48(7)8)28(50(11)12)36(43-34)45-38-30(52(15)16)29(51(13)14)37(46-38)44-35-27(49(9)10)25(47(5)6)33(40-31)42-35;/h17-20H,1-16H3;/q-2;+2. The quantitative estimate of drug-likeness (QED) is 0.214. The van der Waals surface area contributed by atoms with Gasteiger partial charge in [-0.2, -0.15) is 0 Å². The van der Waals surface area contributed by atoms with E-state index in [0.29, 0.717) is 68.2 Å². The molecule has 6 rings (SSSR count). The summed E-state index contributed by atoms with van der Waals surface area (Å²) in [6.07, 6.45) is -0.253. The van der Waals surface area contributed by atoms with Gasteiger partial charge in [-0.15, -0.1) is 0 Å². The van der Waals surface area contributed by atoms with Crippen LogP contribution in [0, 0.1) is 0 Å². The van der Waals surface area contributed by atoms with Crippen molar-refractivity contribution in [3.63, 3.8) is 0 Å². The van der Waals surface area contributed by atoms with E-state index in [9.17, 15) is 0 Å². The SMILES string of the molecule is CC(C)Oc1ccc(OC(C)C)c2c3nc4nc(nc5[n-]c(nc6nc(nc([n-]3)c12)C(N(C)C)=C6N(C)C)c(N(C)C)c5N(C)C)C(N(C)C)=C4N(C)C.[Ni+2]. The number of anilines is 2. The van der Waals surface area contributed by atoms with Crippen LogP contribution < -0.4 is 29.2 Å². The van der Waals surface area contributed by atoms with Gasteiger partial charge in [0.1, 0.15) is 34.8 Å². The van der Waals surface area contributed by atoms with Crippen LogP contribution >= 0.6 is 0 Å². The molecule has 1 aromatic carbocycles. The zero-order chi connectivity index (χ0) is 39.5. The average molecular weight is 796 g/mol. The Morgan fingerprint density at radius 3 is 0.945 bits per heavy atom. The zero-order valence-corrected chi connectivity index (χ0v) is 35.7. The number of rotatable bonds is 10. The van der Waals surface area contributed by atoms with Gasteiger partial charge < -0.3 is 68.8 Å². The molecular weight excluding hydrogens is 743 g/mol. The van der Waals surface area contributed by atoms with Gasteiger partial charge in [0.25, 0.3) is 0 Å². The van der Waals surface area contributed by atoms with Crippen molar-refractivity contribution in [1.82, 2.24) is 59.5 Å². The Morgan fingerprint density at radius 1 is 0.418 bits per heavy atom. The van der Waals surface area contributed by atoms with Gasteiger partial charge in [0.05, 0.1) is 46.4 Å².